The number of nitrogens with one attached hydrogen (secondary N) is 1. The topological polar surface area (TPSA) is 12.0 Å². The van der Waals surface area contributed by atoms with Crippen LogP contribution in [-0.4, -0.2) is 12.6 Å². The fourth-order valence-electron chi connectivity index (χ4n) is 1.96. The lowest BCUT2D eigenvalue weighted by molar-refractivity contribution is 0.479. The van der Waals surface area contributed by atoms with Gasteiger partial charge in [-0.1, -0.05) is 43.1 Å². The Balaban J connectivity index is 2.57. The van der Waals surface area contributed by atoms with Gasteiger partial charge in [0.15, 0.2) is 0 Å². The maximum Gasteiger partial charge on any atom is 0.0595 e. The molecule has 1 aromatic rings. The van der Waals surface area contributed by atoms with Crippen LogP contribution in [0.25, 0.3) is 0 Å². The second kappa shape index (κ2) is 7.25. The molecule has 0 aromatic heterocycles. The first kappa shape index (κ1) is 14.8. The molecule has 0 spiro atoms. The number of halogens is 2. The summed E-state index contributed by atoms with van der Waals surface area (Å²) in [6.45, 7) is 7.71. The van der Waals surface area contributed by atoms with E-state index in [1.165, 1.54) is 12.0 Å². The SMILES string of the molecule is CCCNC(C)CC(C)c1ccc(Cl)c(Cl)c1. The third kappa shape index (κ3) is 4.87. The fourth-order valence-corrected chi connectivity index (χ4v) is 2.27. The molecule has 0 aliphatic heterocycles. The molecular formula is C14H21Cl2N. The van der Waals surface area contributed by atoms with E-state index in [1.54, 1.807) is 0 Å². The van der Waals surface area contributed by atoms with Gasteiger partial charge in [0, 0.05) is 6.04 Å². The molecule has 2 atom stereocenters. The summed E-state index contributed by atoms with van der Waals surface area (Å²) in [5, 5.41) is 4.77. The Labute approximate surface area is 115 Å². The van der Waals surface area contributed by atoms with E-state index < -0.39 is 0 Å². The van der Waals surface area contributed by atoms with Gasteiger partial charge in [-0.15, -0.1) is 0 Å². The predicted octanol–water partition coefficient (Wildman–Crippen LogP) is 4.88. The van der Waals surface area contributed by atoms with Crippen LogP contribution in [0.4, 0.5) is 0 Å². The van der Waals surface area contributed by atoms with Crippen molar-refractivity contribution in [2.75, 3.05) is 6.54 Å². The maximum atomic E-state index is 6.03. The fraction of sp³-hybridized carbons (Fsp3) is 0.571. The molecule has 0 saturated carbocycles. The summed E-state index contributed by atoms with van der Waals surface area (Å²) in [7, 11) is 0. The largest absolute Gasteiger partial charge is 0.314 e. The van der Waals surface area contributed by atoms with Gasteiger partial charge >= 0.3 is 0 Å². The van der Waals surface area contributed by atoms with Gasteiger partial charge in [0.05, 0.1) is 10.0 Å². The van der Waals surface area contributed by atoms with Crippen molar-refractivity contribution in [3.8, 4) is 0 Å². The Morgan fingerprint density at radius 1 is 1.18 bits per heavy atom. The molecule has 0 amide bonds. The number of benzene rings is 1. The molecule has 1 nitrogen and oxygen atoms in total. The summed E-state index contributed by atoms with van der Waals surface area (Å²) in [5.41, 5.74) is 1.25. The van der Waals surface area contributed by atoms with Crippen molar-refractivity contribution in [3.63, 3.8) is 0 Å². The van der Waals surface area contributed by atoms with Crippen LogP contribution in [0.5, 0.6) is 0 Å². The molecule has 1 N–H and O–H groups in total. The molecule has 0 heterocycles. The zero-order valence-corrected chi connectivity index (χ0v) is 12.3. The van der Waals surface area contributed by atoms with Gasteiger partial charge in [-0.3, -0.25) is 0 Å². The van der Waals surface area contributed by atoms with Crippen LogP contribution in [0, 0.1) is 0 Å². The molecule has 0 bridgehead atoms. The maximum absolute atomic E-state index is 6.03. The first-order chi connectivity index (χ1) is 8.04. The molecule has 0 aliphatic carbocycles. The van der Waals surface area contributed by atoms with Gasteiger partial charge in [0.2, 0.25) is 0 Å². The van der Waals surface area contributed by atoms with Crippen molar-refractivity contribution >= 4 is 23.2 Å². The summed E-state index contributed by atoms with van der Waals surface area (Å²) in [4.78, 5) is 0. The highest BCUT2D eigenvalue weighted by Gasteiger charge is 2.11. The van der Waals surface area contributed by atoms with Crippen molar-refractivity contribution in [2.24, 2.45) is 0 Å². The molecule has 2 unspecified atom stereocenters. The summed E-state index contributed by atoms with van der Waals surface area (Å²) in [5.74, 6) is 0.490. The number of hydrogen-bond donors (Lipinski definition) is 1. The van der Waals surface area contributed by atoms with Crippen molar-refractivity contribution in [1.82, 2.24) is 5.32 Å². The Hall–Kier alpha value is -0.240. The number of hydrogen-bond acceptors (Lipinski definition) is 1. The van der Waals surface area contributed by atoms with E-state index in [9.17, 15) is 0 Å². The standard InChI is InChI=1S/C14H21Cl2N/c1-4-7-17-11(3)8-10(2)12-5-6-13(15)14(16)9-12/h5-6,9-11,17H,4,7-8H2,1-3H3. The van der Waals surface area contributed by atoms with Crippen LogP contribution in [0.15, 0.2) is 18.2 Å². The highest BCUT2D eigenvalue weighted by atomic mass is 35.5. The average Bonchev–Trinajstić information content (AvgIpc) is 2.30. The normalized spacial score (nSPS) is 14.6. The van der Waals surface area contributed by atoms with Crippen LogP contribution in [0.1, 0.15) is 45.1 Å². The molecule has 3 heteroatoms. The van der Waals surface area contributed by atoms with E-state index in [2.05, 4.69) is 32.2 Å². The lowest BCUT2D eigenvalue weighted by Crippen LogP contribution is -2.27. The van der Waals surface area contributed by atoms with Gasteiger partial charge in [0.25, 0.3) is 0 Å². The summed E-state index contributed by atoms with van der Waals surface area (Å²) >= 11 is 11.9. The Bertz CT molecular complexity index is 352. The van der Waals surface area contributed by atoms with Crippen LogP contribution in [-0.2, 0) is 0 Å². The smallest absolute Gasteiger partial charge is 0.0595 e. The Morgan fingerprint density at radius 2 is 1.88 bits per heavy atom. The zero-order chi connectivity index (χ0) is 12.8. The van der Waals surface area contributed by atoms with Crippen molar-refractivity contribution < 1.29 is 0 Å². The van der Waals surface area contributed by atoms with Gasteiger partial charge in [-0.2, -0.15) is 0 Å². The van der Waals surface area contributed by atoms with Gasteiger partial charge < -0.3 is 5.32 Å². The molecule has 0 radical (unpaired) electrons. The lowest BCUT2D eigenvalue weighted by atomic mass is 9.94. The van der Waals surface area contributed by atoms with Gasteiger partial charge in [-0.25, -0.2) is 0 Å². The van der Waals surface area contributed by atoms with Gasteiger partial charge in [0.1, 0.15) is 0 Å². The highest BCUT2D eigenvalue weighted by molar-refractivity contribution is 6.42. The summed E-state index contributed by atoms with van der Waals surface area (Å²) in [6.07, 6.45) is 2.28. The molecule has 17 heavy (non-hydrogen) atoms. The zero-order valence-electron chi connectivity index (χ0n) is 10.8. The van der Waals surface area contributed by atoms with E-state index in [0.29, 0.717) is 22.0 Å². The van der Waals surface area contributed by atoms with Crippen molar-refractivity contribution in [2.45, 2.75) is 45.6 Å². The third-order valence-corrected chi connectivity index (χ3v) is 3.70. The molecule has 96 valence electrons. The minimum absolute atomic E-state index is 0.490. The minimum atomic E-state index is 0.490. The monoisotopic (exact) mass is 273 g/mol. The predicted molar refractivity (Wildman–Crippen MR) is 77.2 cm³/mol. The lowest BCUT2D eigenvalue weighted by Gasteiger charge is -2.19. The van der Waals surface area contributed by atoms with E-state index in [-0.39, 0.29) is 0 Å². The second-order valence-electron chi connectivity index (χ2n) is 4.67. The molecule has 1 rings (SSSR count). The average molecular weight is 274 g/mol. The van der Waals surface area contributed by atoms with E-state index in [0.717, 1.165) is 13.0 Å². The van der Waals surface area contributed by atoms with Crippen molar-refractivity contribution in [1.29, 1.82) is 0 Å². The van der Waals surface area contributed by atoms with Crippen LogP contribution >= 0.6 is 23.2 Å². The first-order valence-corrected chi connectivity index (χ1v) is 6.98. The van der Waals surface area contributed by atoms with Crippen LogP contribution in [0.3, 0.4) is 0 Å². The quantitative estimate of drug-likeness (QED) is 0.780. The highest BCUT2D eigenvalue weighted by Crippen LogP contribution is 2.28. The summed E-state index contributed by atoms with van der Waals surface area (Å²) < 4.78 is 0. The molecule has 0 aliphatic rings. The van der Waals surface area contributed by atoms with Crippen molar-refractivity contribution in [3.05, 3.63) is 33.8 Å². The second-order valence-corrected chi connectivity index (χ2v) is 5.48. The third-order valence-electron chi connectivity index (χ3n) is 2.96. The number of rotatable bonds is 6. The van der Waals surface area contributed by atoms with Gasteiger partial charge in [-0.05, 0) is 49.9 Å². The molecule has 1 aromatic carbocycles. The molecule has 0 fully saturated rings. The summed E-state index contributed by atoms with van der Waals surface area (Å²) in [6, 6.07) is 6.44. The van der Waals surface area contributed by atoms with E-state index in [1.807, 2.05) is 12.1 Å². The minimum Gasteiger partial charge on any atom is -0.314 e. The van der Waals surface area contributed by atoms with E-state index in [4.69, 9.17) is 23.2 Å². The first-order valence-electron chi connectivity index (χ1n) is 6.23. The Morgan fingerprint density at radius 3 is 2.47 bits per heavy atom. The van der Waals surface area contributed by atoms with Crippen LogP contribution in [0.2, 0.25) is 10.0 Å². The Kier molecular flexibility index (Phi) is 6.32. The van der Waals surface area contributed by atoms with E-state index >= 15 is 0 Å². The molecule has 0 saturated heterocycles. The van der Waals surface area contributed by atoms with Crippen LogP contribution < -0.4 is 5.32 Å². The molecular weight excluding hydrogens is 253 g/mol.